The van der Waals surface area contributed by atoms with Gasteiger partial charge in [0.15, 0.2) is 0 Å². The molecule has 18 heavy (non-hydrogen) atoms. The highest BCUT2D eigenvalue weighted by atomic mass is 16.4. The third kappa shape index (κ3) is 1.99. The normalized spacial score (nSPS) is 23.4. The number of aliphatic hydroxyl groups is 1. The summed E-state index contributed by atoms with van der Waals surface area (Å²) in [7, 11) is 1.75. The zero-order valence-corrected chi connectivity index (χ0v) is 10.3. The molecule has 1 saturated heterocycles. The van der Waals surface area contributed by atoms with Crippen molar-refractivity contribution in [3.05, 3.63) is 23.5 Å². The summed E-state index contributed by atoms with van der Waals surface area (Å²) in [5.41, 5.74) is 1.36. The van der Waals surface area contributed by atoms with E-state index in [9.17, 15) is 14.7 Å². The molecule has 2 heterocycles. The standard InChI is InChI=1S/C12H16N2O4/c1-7-3-4-9(13(7)2)11(16)14-6-8(15)5-10(14)12(17)18/h3-4,8,10,15H,5-6H2,1-2H3,(H,17,18). The lowest BCUT2D eigenvalue weighted by atomic mass is 10.2. The number of carboxylic acids is 1. The van der Waals surface area contributed by atoms with Gasteiger partial charge in [-0.25, -0.2) is 4.79 Å². The molecule has 2 N–H and O–H groups in total. The average Bonchev–Trinajstić information content (AvgIpc) is 2.84. The maximum atomic E-state index is 12.3. The van der Waals surface area contributed by atoms with E-state index < -0.39 is 18.1 Å². The van der Waals surface area contributed by atoms with E-state index in [2.05, 4.69) is 0 Å². The Morgan fingerprint density at radius 1 is 1.39 bits per heavy atom. The SMILES string of the molecule is Cc1ccc(C(=O)N2CC(O)CC2C(=O)O)n1C. The Labute approximate surface area is 104 Å². The first-order valence-corrected chi connectivity index (χ1v) is 5.76. The second-order valence-corrected chi connectivity index (χ2v) is 4.62. The molecule has 98 valence electrons. The molecular weight excluding hydrogens is 236 g/mol. The van der Waals surface area contributed by atoms with Gasteiger partial charge in [0.25, 0.3) is 5.91 Å². The fourth-order valence-electron chi connectivity index (χ4n) is 2.25. The van der Waals surface area contributed by atoms with Crippen molar-refractivity contribution in [3.63, 3.8) is 0 Å². The highest BCUT2D eigenvalue weighted by Crippen LogP contribution is 2.21. The minimum atomic E-state index is -1.08. The molecule has 1 aliphatic rings. The van der Waals surface area contributed by atoms with Crippen molar-refractivity contribution in [2.45, 2.75) is 25.5 Å². The van der Waals surface area contributed by atoms with Crippen LogP contribution in [0.15, 0.2) is 12.1 Å². The molecule has 0 radical (unpaired) electrons. The number of rotatable bonds is 2. The fraction of sp³-hybridized carbons (Fsp3) is 0.500. The summed E-state index contributed by atoms with van der Waals surface area (Å²) >= 11 is 0. The van der Waals surface area contributed by atoms with E-state index in [1.807, 2.05) is 6.92 Å². The Hall–Kier alpha value is -1.82. The molecule has 1 fully saturated rings. The zero-order chi connectivity index (χ0) is 13.4. The van der Waals surface area contributed by atoms with Gasteiger partial charge in [-0.2, -0.15) is 0 Å². The number of aryl methyl sites for hydroxylation is 1. The van der Waals surface area contributed by atoms with Gasteiger partial charge in [-0.15, -0.1) is 0 Å². The number of likely N-dealkylation sites (tertiary alicyclic amines) is 1. The van der Waals surface area contributed by atoms with Crippen LogP contribution >= 0.6 is 0 Å². The van der Waals surface area contributed by atoms with Crippen LogP contribution in [-0.4, -0.2) is 50.2 Å². The molecule has 1 aromatic heterocycles. The van der Waals surface area contributed by atoms with Gasteiger partial charge in [-0.05, 0) is 19.1 Å². The first kappa shape index (κ1) is 12.6. The van der Waals surface area contributed by atoms with Crippen molar-refractivity contribution < 1.29 is 19.8 Å². The van der Waals surface area contributed by atoms with Gasteiger partial charge in [0.2, 0.25) is 0 Å². The Morgan fingerprint density at radius 3 is 2.56 bits per heavy atom. The molecule has 2 unspecified atom stereocenters. The van der Waals surface area contributed by atoms with E-state index in [-0.39, 0.29) is 18.9 Å². The molecule has 0 spiro atoms. The van der Waals surface area contributed by atoms with Gasteiger partial charge in [-0.1, -0.05) is 0 Å². The first-order chi connectivity index (χ1) is 8.41. The summed E-state index contributed by atoms with van der Waals surface area (Å²) in [6, 6.07) is 2.53. The molecule has 0 aromatic carbocycles. The topological polar surface area (TPSA) is 82.8 Å². The smallest absolute Gasteiger partial charge is 0.326 e. The molecule has 1 aliphatic heterocycles. The average molecular weight is 252 g/mol. The van der Waals surface area contributed by atoms with Crippen LogP contribution in [0.2, 0.25) is 0 Å². The number of carbonyl (C=O) groups is 2. The predicted octanol–water partition coefficient (Wildman–Crippen LogP) is -0.00648. The monoisotopic (exact) mass is 252 g/mol. The highest BCUT2D eigenvalue weighted by molar-refractivity contribution is 5.96. The molecular formula is C12H16N2O4. The van der Waals surface area contributed by atoms with Crippen LogP contribution in [0.4, 0.5) is 0 Å². The quantitative estimate of drug-likeness (QED) is 0.775. The van der Waals surface area contributed by atoms with E-state index in [1.165, 1.54) is 4.90 Å². The van der Waals surface area contributed by atoms with Gasteiger partial charge in [0, 0.05) is 25.7 Å². The van der Waals surface area contributed by atoms with Gasteiger partial charge in [0.05, 0.1) is 6.10 Å². The lowest BCUT2D eigenvalue weighted by molar-refractivity contribution is -0.141. The van der Waals surface area contributed by atoms with Crippen molar-refractivity contribution in [1.29, 1.82) is 0 Å². The minimum absolute atomic E-state index is 0.0695. The summed E-state index contributed by atoms with van der Waals surface area (Å²) in [5.74, 6) is -1.43. The second kappa shape index (κ2) is 4.45. The summed E-state index contributed by atoms with van der Waals surface area (Å²) in [6.45, 7) is 1.93. The van der Waals surface area contributed by atoms with Gasteiger partial charge < -0.3 is 19.7 Å². The third-order valence-electron chi connectivity index (χ3n) is 3.42. The molecule has 0 bridgehead atoms. The maximum Gasteiger partial charge on any atom is 0.326 e. The minimum Gasteiger partial charge on any atom is -0.480 e. The van der Waals surface area contributed by atoms with Crippen molar-refractivity contribution in [3.8, 4) is 0 Å². The molecule has 1 amide bonds. The molecule has 6 nitrogen and oxygen atoms in total. The van der Waals surface area contributed by atoms with Crippen molar-refractivity contribution in [1.82, 2.24) is 9.47 Å². The van der Waals surface area contributed by atoms with Crippen LogP contribution < -0.4 is 0 Å². The molecule has 6 heteroatoms. The van der Waals surface area contributed by atoms with E-state index >= 15 is 0 Å². The lowest BCUT2D eigenvalue weighted by Crippen LogP contribution is -2.41. The number of carboxylic acid groups (broad SMARTS) is 1. The van der Waals surface area contributed by atoms with Gasteiger partial charge in [0.1, 0.15) is 11.7 Å². The van der Waals surface area contributed by atoms with E-state index in [0.717, 1.165) is 5.69 Å². The van der Waals surface area contributed by atoms with Crippen LogP contribution in [0.5, 0.6) is 0 Å². The molecule has 1 aromatic rings. The van der Waals surface area contributed by atoms with Crippen LogP contribution in [0.3, 0.4) is 0 Å². The van der Waals surface area contributed by atoms with Gasteiger partial charge in [-0.3, -0.25) is 4.79 Å². The largest absolute Gasteiger partial charge is 0.480 e. The van der Waals surface area contributed by atoms with Crippen molar-refractivity contribution in [2.24, 2.45) is 7.05 Å². The van der Waals surface area contributed by atoms with Crippen LogP contribution in [0.1, 0.15) is 22.6 Å². The molecule has 0 aliphatic carbocycles. The number of nitrogens with zero attached hydrogens (tertiary/aromatic N) is 2. The summed E-state index contributed by atoms with van der Waals surface area (Å²) in [6.07, 6.45) is -0.679. The summed E-state index contributed by atoms with van der Waals surface area (Å²) in [5, 5.41) is 18.6. The number of β-amino-alcohol motifs (C(OH)–C–C–N with tert-alkyl or cyclic N) is 1. The Kier molecular flexibility index (Phi) is 3.13. The Morgan fingerprint density at radius 2 is 2.06 bits per heavy atom. The molecule has 2 rings (SSSR count). The van der Waals surface area contributed by atoms with E-state index in [1.54, 1.807) is 23.7 Å². The van der Waals surface area contributed by atoms with E-state index in [0.29, 0.717) is 5.69 Å². The summed E-state index contributed by atoms with van der Waals surface area (Å²) in [4.78, 5) is 24.6. The fourth-order valence-corrected chi connectivity index (χ4v) is 2.25. The number of hydrogen-bond donors (Lipinski definition) is 2. The van der Waals surface area contributed by atoms with Crippen molar-refractivity contribution in [2.75, 3.05) is 6.54 Å². The van der Waals surface area contributed by atoms with Crippen LogP contribution in [0, 0.1) is 6.92 Å². The first-order valence-electron chi connectivity index (χ1n) is 5.76. The van der Waals surface area contributed by atoms with Crippen LogP contribution in [0.25, 0.3) is 0 Å². The lowest BCUT2D eigenvalue weighted by Gasteiger charge is -2.21. The molecule has 2 atom stereocenters. The van der Waals surface area contributed by atoms with Crippen molar-refractivity contribution >= 4 is 11.9 Å². The van der Waals surface area contributed by atoms with Crippen LogP contribution in [-0.2, 0) is 11.8 Å². The number of carbonyl (C=O) groups excluding carboxylic acids is 1. The van der Waals surface area contributed by atoms with E-state index in [4.69, 9.17) is 5.11 Å². The number of aliphatic hydroxyl groups excluding tert-OH is 1. The highest BCUT2D eigenvalue weighted by Gasteiger charge is 2.39. The number of aliphatic carboxylic acids is 1. The summed E-state index contributed by atoms with van der Waals surface area (Å²) < 4.78 is 1.71. The van der Waals surface area contributed by atoms with Gasteiger partial charge >= 0.3 is 5.97 Å². The number of aromatic nitrogens is 1. The predicted molar refractivity (Wildman–Crippen MR) is 63.2 cm³/mol. The Bertz CT molecular complexity index is 494. The maximum absolute atomic E-state index is 12.3. The number of amides is 1. The Balaban J connectivity index is 2.28. The second-order valence-electron chi connectivity index (χ2n) is 4.62. The third-order valence-corrected chi connectivity index (χ3v) is 3.42. The number of hydrogen-bond acceptors (Lipinski definition) is 3. The zero-order valence-electron chi connectivity index (χ0n) is 10.3. The molecule has 0 saturated carbocycles.